The molecule has 0 spiro atoms. The zero-order valence-electron chi connectivity index (χ0n) is 18.5. The van der Waals surface area contributed by atoms with Crippen molar-refractivity contribution < 1.29 is 9.53 Å². The Morgan fingerprint density at radius 1 is 1.23 bits per heavy atom. The summed E-state index contributed by atoms with van der Waals surface area (Å²) in [5.41, 5.74) is 6.28. The van der Waals surface area contributed by atoms with Crippen LogP contribution in [0.4, 0.5) is 0 Å². The van der Waals surface area contributed by atoms with Crippen LogP contribution in [0.25, 0.3) is 5.57 Å². The molecule has 1 heterocycles. The Morgan fingerprint density at radius 3 is 2.87 bits per heavy atom. The maximum atomic E-state index is 11.8. The summed E-state index contributed by atoms with van der Waals surface area (Å²) in [6.45, 7) is 6.81. The van der Waals surface area contributed by atoms with Crippen molar-refractivity contribution in [2.75, 3.05) is 0 Å². The first-order chi connectivity index (χ1) is 14.5. The fourth-order valence-electron chi connectivity index (χ4n) is 6.94. The molecular weight excluding hydrogens is 370 g/mol. The Labute approximate surface area is 180 Å². The Balaban J connectivity index is 1.40. The summed E-state index contributed by atoms with van der Waals surface area (Å²) in [5.74, 6) is 1.26. The molecule has 0 amide bonds. The molecule has 0 saturated heterocycles. The maximum Gasteiger partial charge on any atom is 0.305 e. The van der Waals surface area contributed by atoms with E-state index < -0.39 is 0 Å². The van der Waals surface area contributed by atoms with Crippen LogP contribution in [0.3, 0.4) is 0 Å². The van der Waals surface area contributed by atoms with Gasteiger partial charge in [-0.2, -0.15) is 0 Å². The average Bonchev–Trinajstić information content (AvgIpc) is 3.11. The van der Waals surface area contributed by atoms with Gasteiger partial charge in [0.05, 0.1) is 0 Å². The lowest BCUT2D eigenvalue weighted by molar-refractivity contribution is -0.150. The predicted octanol–water partition coefficient (Wildman–Crippen LogP) is 6.28. The number of allylic oxidation sites excluding steroid dienone is 5. The van der Waals surface area contributed by atoms with Gasteiger partial charge in [-0.25, -0.2) is 0 Å². The molecule has 3 nitrogen and oxygen atoms in total. The average molecular weight is 404 g/mol. The van der Waals surface area contributed by atoms with E-state index in [0.29, 0.717) is 18.3 Å². The van der Waals surface area contributed by atoms with E-state index >= 15 is 0 Å². The molecule has 2 saturated carbocycles. The lowest BCUT2D eigenvalue weighted by Gasteiger charge is -2.56. The molecule has 0 aliphatic heterocycles. The summed E-state index contributed by atoms with van der Waals surface area (Å²) < 4.78 is 5.71. The van der Waals surface area contributed by atoms with Gasteiger partial charge in [0.2, 0.25) is 0 Å². The number of rotatable bonds is 3. The molecule has 0 radical (unpaired) electrons. The maximum absolute atomic E-state index is 11.8. The van der Waals surface area contributed by atoms with Crippen LogP contribution < -0.4 is 0 Å². The summed E-state index contributed by atoms with van der Waals surface area (Å²) in [6.07, 6.45) is 18.4. The van der Waals surface area contributed by atoms with Crippen LogP contribution in [0.15, 0.2) is 53.9 Å². The number of pyridine rings is 1. The fourth-order valence-corrected chi connectivity index (χ4v) is 6.94. The van der Waals surface area contributed by atoms with Crippen molar-refractivity contribution in [2.45, 2.75) is 71.8 Å². The van der Waals surface area contributed by atoms with Gasteiger partial charge in [0.25, 0.3) is 0 Å². The molecule has 0 N–H and O–H groups in total. The van der Waals surface area contributed by atoms with E-state index in [4.69, 9.17) is 4.74 Å². The number of carbonyl (C=O) groups is 1. The highest BCUT2D eigenvalue weighted by atomic mass is 16.5. The highest BCUT2D eigenvalue weighted by molar-refractivity contribution is 5.78. The van der Waals surface area contributed by atoms with Gasteiger partial charge < -0.3 is 4.74 Å². The molecule has 1 aromatic rings. The molecule has 3 heteroatoms. The molecule has 0 bridgehead atoms. The van der Waals surface area contributed by atoms with E-state index in [9.17, 15) is 4.79 Å². The first-order valence-electron chi connectivity index (χ1n) is 11.7. The molecule has 5 rings (SSSR count). The van der Waals surface area contributed by atoms with E-state index in [-0.39, 0.29) is 22.9 Å². The van der Waals surface area contributed by atoms with Gasteiger partial charge in [0, 0.05) is 30.7 Å². The van der Waals surface area contributed by atoms with Gasteiger partial charge in [-0.1, -0.05) is 56.2 Å². The number of aromatic nitrogens is 1. The molecule has 2 fully saturated rings. The zero-order valence-corrected chi connectivity index (χ0v) is 18.5. The Hall–Kier alpha value is -2.16. The molecular formula is C27H33NO2. The van der Waals surface area contributed by atoms with Gasteiger partial charge in [-0.05, 0) is 66.6 Å². The summed E-state index contributed by atoms with van der Waals surface area (Å²) in [4.78, 5) is 16.2. The van der Waals surface area contributed by atoms with Crippen molar-refractivity contribution in [3.8, 4) is 0 Å². The fraction of sp³-hybridized carbons (Fsp3) is 0.556. The Bertz CT molecular complexity index is 943. The third-order valence-electron chi connectivity index (χ3n) is 8.66. The van der Waals surface area contributed by atoms with Crippen molar-refractivity contribution in [1.82, 2.24) is 4.98 Å². The van der Waals surface area contributed by atoms with Crippen LogP contribution in [0.1, 0.15) is 71.3 Å². The van der Waals surface area contributed by atoms with Crippen molar-refractivity contribution in [3.05, 3.63) is 59.5 Å². The number of ether oxygens (including phenoxy) is 1. The second kappa shape index (κ2) is 7.21. The second-order valence-corrected chi connectivity index (χ2v) is 10.1. The summed E-state index contributed by atoms with van der Waals surface area (Å²) in [7, 11) is 0. The number of carbonyl (C=O) groups excluding carboxylic acids is 1. The van der Waals surface area contributed by atoms with Gasteiger partial charge in [0.1, 0.15) is 6.10 Å². The summed E-state index contributed by atoms with van der Waals surface area (Å²) in [5, 5.41) is 0. The van der Waals surface area contributed by atoms with Crippen molar-refractivity contribution in [1.29, 1.82) is 0 Å². The Morgan fingerprint density at radius 2 is 2.10 bits per heavy atom. The molecule has 1 aromatic heterocycles. The van der Waals surface area contributed by atoms with Gasteiger partial charge in [-0.15, -0.1) is 0 Å². The molecule has 4 aliphatic carbocycles. The van der Waals surface area contributed by atoms with E-state index in [1.165, 1.54) is 24.0 Å². The van der Waals surface area contributed by atoms with Crippen LogP contribution in [0.5, 0.6) is 0 Å². The molecule has 158 valence electrons. The predicted molar refractivity (Wildman–Crippen MR) is 119 cm³/mol. The molecule has 30 heavy (non-hydrogen) atoms. The van der Waals surface area contributed by atoms with Crippen LogP contribution in [0, 0.1) is 22.7 Å². The Kier molecular flexibility index (Phi) is 4.76. The van der Waals surface area contributed by atoms with E-state index in [2.05, 4.69) is 43.1 Å². The molecule has 5 atom stereocenters. The lowest BCUT2D eigenvalue weighted by Crippen LogP contribution is -2.47. The van der Waals surface area contributed by atoms with Crippen LogP contribution >= 0.6 is 0 Å². The van der Waals surface area contributed by atoms with Gasteiger partial charge >= 0.3 is 5.97 Å². The van der Waals surface area contributed by atoms with Crippen molar-refractivity contribution in [2.24, 2.45) is 22.7 Å². The molecule has 0 aromatic carbocycles. The lowest BCUT2D eigenvalue weighted by atomic mass is 9.49. The van der Waals surface area contributed by atoms with Crippen LogP contribution in [-0.2, 0) is 9.53 Å². The highest BCUT2D eigenvalue weighted by Gasteiger charge is 2.54. The number of nitrogens with zero attached hydrogens (tertiary/aromatic N) is 1. The quantitative estimate of drug-likeness (QED) is 0.440. The van der Waals surface area contributed by atoms with Crippen LogP contribution in [-0.4, -0.2) is 17.1 Å². The van der Waals surface area contributed by atoms with Crippen molar-refractivity contribution >= 4 is 11.5 Å². The molecule has 0 unspecified atom stereocenters. The number of hydrogen-bond acceptors (Lipinski definition) is 3. The minimum atomic E-state index is -0.0589. The topological polar surface area (TPSA) is 39.2 Å². The van der Waals surface area contributed by atoms with Crippen LogP contribution in [0.2, 0.25) is 0 Å². The van der Waals surface area contributed by atoms with Gasteiger partial charge in [0.15, 0.2) is 0 Å². The zero-order chi connectivity index (χ0) is 20.9. The summed E-state index contributed by atoms with van der Waals surface area (Å²) >= 11 is 0. The monoisotopic (exact) mass is 403 g/mol. The number of fused-ring (bicyclic) bond motifs is 5. The van der Waals surface area contributed by atoms with E-state index in [1.807, 2.05) is 25.4 Å². The third-order valence-corrected chi connectivity index (χ3v) is 8.66. The normalized spacial score (nSPS) is 37.2. The first-order valence-corrected chi connectivity index (χ1v) is 11.7. The largest absolute Gasteiger partial charge is 0.462 e. The van der Waals surface area contributed by atoms with Gasteiger partial charge in [-0.3, -0.25) is 9.78 Å². The molecule has 4 aliphatic rings. The summed E-state index contributed by atoms with van der Waals surface area (Å²) in [6, 6.07) is 4.25. The van der Waals surface area contributed by atoms with E-state index in [0.717, 1.165) is 25.7 Å². The van der Waals surface area contributed by atoms with E-state index in [1.54, 1.807) is 11.1 Å². The number of esters is 1. The minimum absolute atomic E-state index is 0.0589. The van der Waals surface area contributed by atoms with Crippen molar-refractivity contribution in [3.63, 3.8) is 0 Å². The first kappa shape index (κ1) is 19.8. The standard InChI is InChI=1S/C27H33NO2/c1-4-25(29)30-20-11-13-26(2)19(16-20)7-8-21-23-10-9-22(18-6-5-15-28-17-18)27(23,3)14-12-24(21)26/h5-7,9-10,15,17,20-21,24H,4,8,11-14,16H2,1-3H3/t20-,21-,24-,26-,27+/m0/s1. The SMILES string of the molecule is CCC(=O)O[C@H]1CC[C@@]2(C)C(=CC[C@H]3C4=CC=C(c5cccnc5)[C@@]4(C)CC[C@@H]32)C1. The third kappa shape index (κ3) is 2.92. The smallest absolute Gasteiger partial charge is 0.305 e. The minimum Gasteiger partial charge on any atom is -0.462 e. The highest BCUT2D eigenvalue weighted by Crippen LogP contribution is 2.64. The number of hydrogen-bond donors (Lipinski definition) is 0. The second-order valence-electron chi connectivity index (χ2n) is 10.1.